The highest BCUT2D eigenvalue weighted by molar-refractivity contribution is 6.32. The lowest BCUT2D eigenvalue weighted by Crippen LogP contribution is -2.39. The lowest BCUT2D eigenvalue weighted by Gasteiger charge is -2.32. The third kappa shape index (κ3) is 4.36. The van der Waals surface area contributed by atoms with E-state index in [2.05, 4.69) is 143 Å². The minimum Gasteiger partial charge on any atom is -0.370 e. The lowest BCUT2D eigenvalue weighted by molar-refractivity contribution is 0.431. The molecule has 7 rings (SSSR count). The van der Waals surface area contributed by atoms with E-state index in [1.165, 1.54) is 55.2 Å². The molecular weight excluding hydrogens is 544 g/mol. The zero-order valence-electron chi connectivity index (χ0n) is 26.4. The average molecular weight is 587 g/mol. The molecule has 220 valence electrons. The monoisotopic (exact) mass is 586 g/mol. The number of hydrogen-bond acceptors (Lipinski definition) is 2. The van der Waals surface area contributed by atoms with E-state index in [-0.39, 0.29) is 16.9 Å². The fraction of sp³-hybridized carbons (Fsp3) is 0.350. The molecule has 4 aromatic carbocycles. The largest absolute Gasteiger partial charge is 0.370 e. The highest BCUT2D eigenvalue weighted by Crippen LogP contribution is 2.50. The van der Waals surface area contributed by atoms with Gasteiger partial charge < -0.3 is 9.80 Å². The van der Waals surface area contributed by atoms with Crippen LogP contribution in [0, 0.1) is 0 Å². The van der Waals surface area contributed by atoms with Crippen molar-refractivity contribution in [2.75, 3.05) is 23.9 Å². The molecule has 2 nitrogen and oxygen atoms in total. The van der Waals surface area contributed by atoms with E-state index < -0.39 is 0 Å². The van der Waals surface area contributed by atoms with Crippen LogP contribution in [-0.4, -0.2) is 26.2 Å². The van der Waals surface area contributed by atoms with Gasteiger partial charge in [-0.15, -0.1) is 0 Å². The molecule has 2 heterocycles. The van der Waals surface area contributed by atoms with E-state index >= 15 is 0 Å². The van der Waals surface area contributed by atoms with Gasteiger partial charge in [-0.1, -0.05) is 118 Å². The Labute approximate surface area is 262 Å². The maximum Gasteiger partial charge on any atom is 0.0565 e. The first-order chi connectivity index (χ1) is 20.6. The van der Waals surface area contributed by atoms with Gasteiger partial charge in [-0.3, -0.25) is 0 Å². The summed E-state index contributed by atoms with van der Waals surface area (Å²) in [5, 5.41) is 6.34. The van der Waals surface area contributed by atoms with Gasteiger partial charge in [0.25, 0.3) is 0 Å². The summed E-state index contributed by atoms with van der Waals surface area (Å²) in [7, 11) is 4.50. The van der Waals surface area contributed by atoms with Crippen molar-refractivity contribution < 1.29 is 0 Å². The minimum atomic E-state index is -0.0142. The van der Waals surface area contributed by atoms with E-state index in [0.29, 0.717) is 6.04 Å². The van der Waals surface area contributed by atoms with Crippen LogP contribution in [0.5, 0.6) is 0 Å². The second kappa shape index (κ2) is 10.3. The second-order valence-electron chi connectivity index (χ2n) is 14.0. The maximum atomic E-state index is 7.20. The Hall–Kier alpha value is -3.49. The van der Waals surface area contributed by atoms with Crippen LogP contribution >= 0.6 is 11.6 Å². The molecule has 3 heteroatoms. The van der Waals surface area contributed by atoms with Gasteiger partial charge in [-0.05, 0) is 81.6 Å². The smallest absolute Gasteiger partial charge is 0.0565 e. The third-order valence-electron chi connectivity index (χ3n) is 10.8. The van der Waals surface area contributed by atoms with Crippen molar-refractivity contribution in [3.8, 4) is 0 Å². The molecule has 0 spiro atoms. The van der Waals surface area contributed by atoms with E-state index in [0.717, 1.165) is 30.7 Å². The SMILES string of the molecule is CN1c2ccc3ccccc3c2C(C)(C)C1C=CC1=C(Cl)C(=CCC2N(C)c3ccc4ccccc4c3C2(C)C)CCC1. The van der Waals surface area contributed by atoms with Gasteiger partial charge in [0.15, 0.2) is 0 Å². The Morgan fingerprint density at radius 3 is 1.98 bits per heavy atom. The summed E-state index contributed by atoms with van der Waals surface area (Å²) in [5.41, 5.74) is 8.22. The normalized spacial score (nSPS) is 23.7. The number of anilines is 2. The zero-order chi connectivity index (χ0) is 30.1. The number of nitrogens with zero attached hydrogens (tertiary/aromatic N) is 2. The maximum absolute atomic E-state index is 7.20. The summed E-state index contributed by atoms with van der Waals surface area (Å²) in [5.74, 6) is 0. The number of fused-ring (bicyclic) bond motifs is 6. The highest BCUT2D eigenvalue weighted by atomic mass is 35.5. The molecule has 0 amide bonds. The third-order valence-corrected chi connectivity index (χ3v) is 11.3. The second-order valence-corrected chi connectivity index (χ2v) is 14.4. The lowest BCUT2D eigenvalue weighted by atomic mass is 9.77. The fourth-order valence-electron chi connectivity index (χ4n) is 8.59. The topological polar surface area (TPSA) is 6.48 Å². The average Bonchev–Trinajstić information content (AvgIpc) is 3.33. The summed E-state index contributed by atoms with van der Waals surface area (Å²) in [6.07, 6.45) is 11.4. The summed E-state index contributed by atoms with van der Waals surface area (Å²) >= 11 is 7.20. The van der Waals surface area contributed by atoms with Crippen LogP contribution in [0.4, 0.5) is 11.4 Å². The van der Waals surface area contributed by atoms with E-state index in [1.54, 1.807) is 0 Å². The molecule has 2 unspecified atom stereocenters. The predicted molar refractivity (Wildman–Crippen MR) is 187 cm³/mol. The Balaban J connectivity index is 1.16. The first-order valence-corrected chi connectivity index (χ1v) is 16.2. The van der Waals surface area contributed by atoms with E-state index in [1.807, 2.05) is 0 Å². The van der Waals surface area contributed by atoms with Crippen molar-refractivity contribution in [3.05, 3.63) is 118 Å². The molecule has 0 saturated carbocycles. The Morgan fingerprint density at radius 2 is 1.33 bits per heavy atom. The van der Waals surface area contributed by atoms with Gasteiger partial charge in [-0.25, -0.2) is 0 Å². The molecule has 3 aliphatic rings. The zero-order valence-corrected chi connectivity index (χ0v) is 27.2. The van der Waals surface area contributed by atoms with Crippen LogP contribution < -0.4 is 9.80 Å². The van der Waals surface area contributed by atoms with Crippen molar-refractivity contribution in [2.24, 2.45) is 0 Å². The predicted octanol–water partition coefficient (Wildman–Crippen LogP) is 10.4. The molecule has 2 atom stereocenters. The Bertz CT molecular complexity index is 1840. The number of benzene rings is 4. The van der Waals surface area contributed by atoms with E-state index in [4.69, 9.17) is 11.6 Å². The fourth-order valence-corrected chi connectivity index (χ4v) is 8.92. The van der Waals surface area contributed by atoms with Crippen molar-refractivity contribution in [2.45, 2.75) is 76.3 Å². The molecule has 0 N–H and O–H groups in total. The van der Waals surface area contributed by atoms with Crippen molar-refractivity contribution in [3.63, 3.8) is 0 Å². The molecule has 4 aromatic rings. The summed E-state index contributed by atoms with van der Waals surface area (Å²) in [6, 6.07) is 27.4. The van der Waals surface area contributed by atoms with Gasteiger partial charge in [-0.2, -0.15) is 0 Å². The molecule has 0 bridgehead atoms. The number of rotatable bonds is 4. The Morgan fingerprint density at radius 1 is 0.744 bits per heavy atom. The minimum absolute atomic E-state index is 0.0142. The van der Waals surface area contributed by atoms with Gasteiger partial charge in [0, 0.05) is 47.4 Å². The first-order valence-electron chi connectivity index (χ1n) is 15.9. The van der Waals surface area contributed by atoms with Gasteiger partial charge in [0.2, 0.25) is 0 Å². The molecule has 0 fully saturated rings. The van der Waals surface area contributed by atoms with Crippen LogP contribution in [0.25, 0.3) is 21.5 Å². The van der Waals surface area contributed by atoms with Gasteiger partial charge >= 0.3 is 0 Å². The molecule has 2 aliphatic heterocycles. The molecule has 0 radical (unpaired) electrons. The number of allylic oxidation sites excluding steroid dienone is 4. The summed E-state index contributed by atoms with van der Waals surface area (Å²) in [6.45, 7) is 9.61. The van der Waals surface area contributed by atoms with Crippen molar-refractivity contribution >= 4 is 44.5 Å². The Kier molecular flexibility index (Phi) is 6.78. The van der Waals surface area contributed by atoms with Crippen molar-refractivity contribution in [1.82, 2.24) is 0 Å². The van der Waals surface area contributed by atoms with Crippen LogP contribution in [0.3, 0.4) is 0 Å². The molecule has 43 heavy (non-hydrogen) atoms. The molecule has 0 aromatic heterocycles. The van der Waals surface area contributed by atoms with Crippen LogP contribution in [0.15, 0.2) is 107 Å². The van der Waals surface area contributed by atoms with Crippen molar-refractivity contribution in [1.29, 1.82) is 0 Å². The standard InChI is InChI=1S/C40H43ClN2/c1-39(2)34(42(5)32-22-18-26-12-7-9-16-30(26)36(32)39)24-20-28-14-11-15-29(38(28)41)21-25-35-40(3,4)37-31-17-10-8-13-27(31)19-23-33(37)43(35)6/h7-10,12-13,16-24,34-35H,11,14-15,25H2,1-6H3. The molecule has 1 aliphatic carbocycles. The van der Waals surface area contributed by atoms with Crippen LogP contribution in [0.1, 0.15) is 64.5 Å². The number of hydrogen-bond donors (Lipinski definition) is 0. The number of halogens is 1. The van der Waals surface area contributed by atoms with E-state index in [9.17, 15) is 0 Å². The van der Waals surface area contributed by atoms with Crippen LogP contribution in [-0.2, 0) is 10.8 Å². The van der Waals surface area contributed by atoms with Crippen LogP contribution in [0.2, 0.25) is 0 Å². The molecular formula is C40H43ClN2. The molecule has 0 saturated heterocycles. The quantitative estimate of drug-likeness (QED) is 0.235. The first kappa shape index (κ1) is 28.3. The summed E-state index contributed by atoms with van der Waals surface area (Å²) < 4.78 is 0. The van der Waals surface area contributed by atoms with Gasteiger partial charge in [0.05, 0.1) is 6.04 Å². The van der Waals surface area contributed by atoms with Gasteiger partial charge in [0.1, 0.15) is 0 Å². The summed E-state index contributed by atoms with van der Waals surface area (Å²) in [4.78, 5) is 4.95. The highest BCUT2D eigenvalue weighted by Gasteiger charge is 2.44. The number of likely N-dealkylation sites (N-methyl/N-ethyl adjacent to an activating group) is 2.